The second-order valence-corrected chi connectivity index (χ2v) is 11.1. The van der Waals surface area contributed by atoms with Gasteiger partial charge in [0.2, 0.25) is 5.91 Å². The molecule has 3 atom stereocenters. The molecule has 2 aliphatic heterocycles. The van der Waals surface area contributed by atoms with E-state index in [2.05, 4.69) is 0 Å². The number of fused-ring (bicyclic) bond motifs is 1. The van der Waals surface area contributed by atoms with Crippen molar-refractivity contribution >= 4 is 29.7 Å². The Morgan fingerprint density at radius 1 is 0.941 bits per heavy atom. The van der Waals surface area contributed by atoms with Crippen LogP contribution in [-0.2, 0) is 27.3 Å². The van der Waals surface area contributed by atoms with Crippen molar-refractivity contribution in [3.63, 3.8) is 0 Å². The average molecular weight is 483 g/mol. The summed E-state index contributed by atoms with van der Waals surface area (Å²) in [6.07, 6.45) is 0.132. The van der Waals surface area contributed by atoms with Crippen LogP contribution < -0.4 is 0 Å². The summed E-state index contributed by atoms with van der Waals surface area (Å²) in [5.74, 6) is -1.39. The molecule has 1 N–H and O–H groups in total. The molecular formula is C26H30N2O5S. The van der Waals surface area contributed by atoms with E-state index in [4.69, 9.17) is 4.74 Å². The van der Waals surface area contributed by atoms with E-state index >= 15 is 0 Å². The van der Waals surface area contributed by atoms with Crippen molar-refractivity contribution in [3.05, 3.63) is 65.7 Å². The van der Waals surface area contributed by atoms with Crippen LogP contribution in [0.2, 0.25) is 0 Å². The SMILES string of the molecule is CC(C)(C)OC(=O)N1C[C@@H](Sc2ccccc2)C[C@@H]1C(=O)N1Cc2ccccc2C[C@@H]1C(=O)O. The minimum absolute atomic E-state index is 0.00998. The van der Waals surface area contributed by atoms with Gasteiger partial charge in [-0.15, -0.1) is 11.8 Å². The molecule has 0 bridgehead atoms. The van der Waals surface area contributed by atoms with Crippen molar-refractivity contribution in [2.24, 2.45) is 0 Å². The standard InChI is InChI=1S/C26H30N2O5S/c1-26(2,3)33-25(32)28-16-20(34-19-11-5-4-6-12-19)14-21(28)23(29)27-15-18-10-8-7-9-17(18)13-22(27)24(30)31/h4-12,20-22H,13-16H2,1-3H3,(H,30,31)/t20-,21+,22+/m0/s1. The second kappa shape index (κ2) is 9.70. The number of carboxylic acids is 1. The van der Waals surface area contributed by atoms with Crippen LogP contribution in [0.3, 0.4) is 0 Å². The summed E-state index contributed by atoms with van der Waals surface area (Å²) in [4.78, 5) is 42.9. The zero-order chi connectivity index (χ0) is 24.5. The molecule has 4 rings (SSSR count). The highest BCUT2D eigenvalue weighted by molar-refractivity contribution is 8.00. The molecule has 2 heterocycles. The van der Waals surface area contributed by atoms with E-state index in [1.165, 1.54) is 9.80 Å². The van der Waals surface area contributed by atoms with E-state index in [-0.39, 0.29) is 24.1 Å². The molecule has 2 aromatic rings. The van der Waals surface area contributed by atoms with Gasteiger partial charge in [0.15, 0.2) is 0 Å². The predicted octanol–water partition coefficient (Wildman–Crippen LogP) is 4.19. The zero-order valence-corrected chi connectivity index (χ0v) is 20.5. The Balaban J connectivity index is 1.60. The van der Waals surface area contributed by atoms with E-state index < -0.39 is 29.7 Å². The zero-order valence-electron chi connectivity index (χ0n) is 19.6. The lowest BCUT2D eigenvalue weighted by atomic mass is 9.93. The van der Waals surface area contributed by atoms with E-state index in [0.717, 1.165) is 16.0 Å². The van der Waals surface area contributed by atoms with Gasteiger partial charge in [0.05, 0.1) is 0 Å². The fraction of sp³-hybridized carbons (Fsp3) is 0.423. The van der Waals surface area contributed by atoms with Crippen LogP contribution in [0.15, 0.2) is 59.5 Å². The Hall–Kier alpha value is -3.00. The average Bonchev–Trinajstić information content (AvgIpc) is 3.21. The van der Waals surface area contributed by atoms with Gasteiger partial charge in [0.25, 0.3) is 0 Å². The number of likely N-dealkylation sites (tertiary alicyclic amines) is 1. The smallest absolute Gasteiger partial charge is 0.411 e. The number of carbonyl (C=O) groups excluding carboxylic acids is 2. The molecule has 0 aliphatic carbocycles. The van der Waals surface area contributed by atoms with E-state index in [1.54, 1.807) is 32.5 Å². The fourth-order valence-electron chi connectivity index (χ4n) is 4.50. The molecule has 2 aromatic carbocycles. The highest BCUT2D eigenvalue weighted by atomic mass is 32.2. The molecule has 2 amide bonds. The third kappa shape index (κ3) is 5.38. The molecule has 0 radical (unpaired) electrons. The Labute approximate surface area is 204 Å². The van der Waals surface area contributed by atoms with Gasteiger partial charge in [-0.05, 0) is 50.5 Å². The molecule has 7 nitrogen and oxygen atoms in total. The van der Waals surface area contributed by atoms with Crippen LogP contribution in [0.25, 0.3) is 0 Å². The maximum absolute atomic E-state index is 13.8. The van der Waals surface area contributed by atoms with Crippen LogP contribution in [0.1, 0.15) is 38.3 Å². The number of ether oxygens (including phenoxy) is 1. The van der Waals surface area contributed by atoms with Crippen LogP contribution in [0, 0.1) is 0 Å². The quantitative estimate of drug-likeness (QED) is 0.703. The summed E-state index contributed by atoms with van der Waals surface area (Å²) in [5, 5.41) is 9.89. The molecule has 34 heavy (non-hydrogen) atoms. The molecule has 2 aliphatic rings. The number of aliphatic carboxylic acids is 1. The highest BCUT2D eigenvalue weighted by Crippen LogP contribution is 2.35. The molecule has 8 heteroatoms. The number of benzene rings is 2. The number of hydrogen-bond acceptors (Lipinski definition) is 5. The van der Waals surface area contributed by atoms with Gasteiger partial charge in [0, 0.05) is 29.7 Å². The number of amides is 2. The molecular weight excluding hydrogens is 452 g/mol. The van der Waals surface area contributed by atoms with Gasteiger partial charge in [-0.1, -0.05) is 42.5 Å². The van der Waals surface area contributed by atoms with Gasteiger partial charge < -0.3 is 14.7 Å². The number of hydrogen-bond donors (Lipinski definition) is 1. The molecule has 0 spiro atoms. The number of carboxylic acid groups (broad SMARTS) is 1. The summed E-state index contributed by atoms with van der Waals surface area (Å²) < 4.78 is 5.61. The third-order valence-corrected chi connectivity index (χ3v) is 7.26. The van der Waals surface area contributed by atoms with Crippen molar-refractivity contribution in [1.29, 1.82) is 0 Å². The van der Waals surface area contributed by atoms with Crippen molar-refractivity contribution in [2.45, 2.75) is 68.0 Å². The Kier molecular flexibility index (Phi) is 6.89. The summed E-state index contributed by atoms with van der Waals surface area (Å²) in [6, 6.07) is 15.7. The largest absolute Gasteiger partial charge is 0.480 e. The van der Waals surface area contributed by atoms with Crippen molar-refractivity contribution < 1.29 is 24.2 Å². The van der Waals surface area contributed by atoms with Crippen LogP contribution in [-0.4, -0.2) is 62.4 Å². The summed E-state index contributed by atoms with van der Waals surface area (Å²) in [7, 11) is 0. The Morgan fingerprint density at radius 3 is 2.24 bits per heavy atom. The lowest BCUT2D eigenvalue weighted by Gasteiger charge is -2.37. The third-order valence-electron chi connectivity index (χ3n) is 6.04. The van der Waals surface area contributed by atoms with Gasteiger partial charge in [-0.3, -0.25) is 9.69 Å². The van der Waals surface area contributed by atoms with Crippen LogP contribution >= 0.6 is 11.8 Å². The van der Waals surface area contributed by atoms with Gasteiger partial charge in [-0.2, -0.15) is 0 Å². The molecule has 0 unspecified atom stereocenters. The van der Waals surface area contributed by atoms with Crippen LogP contribution in [0.5, 0.6) is 0 Å². The first-order valence-electron chi connectivity index (χ1n) is 11.4. The molecule has 0 saturated carbocycles. The van der Waals surface area contributed by atoms with Gasteiger partial charge in [-0.25, -0.2) is 9.59 Å². The van der Waals surface area contributed by atoms with Crippen molar-refractivity contribution in [1.82, 2.24) is 9.80 Å². The molecule has 1 fully saturated rings. The maximum atomic E-state index is 13.8. The van der Waals surface area contributed by atoms with E-state index in [1.807, 2.05) is 54.6 Å². The number of rotatable bonds is 4. The topological polar surface area (TPSA) is 87.2 Å². The Morgan fingerprint density at radius 2 is 1.59 bits per heavy atom. The van der Waals surface area contributed by atoms with E-state index in [0.29, 0.717) is 13.0 Å². The highest BCUT2D eigenvalue weighted by Gasteiger charge is 2.46. The summed E-state index contributed by atoms with van der Waals surface area (Å²) >= 11 is 1.62. The minimum atomic E-state index is -1.04. The number of carbonyl (C=O) groups is 3. The second-order valence-electron chi connectivity index (χ2n) is 9.73. The lowest BCUT2D eigenvalue weighted by Crippen LogP contribution is -2.55. The first kappa shape index (κ1) is 24.1. The normalized spacial score (nSPS) is 22.3. The predicted molar refractivity (Wildman–Crippen MR) is 130 cm³/mol. The van der Waals surface area contributed by atoms with Crippen LogP contribution in [0.4, 0.5) is 4.79 Å². The number of thioether (sulfide) groups is 1. The van der Waals surface area contributed by atoms with E-state index in [9.17, 15) is 19.5 Å². The van der Waals surface area contributed by atoms with Gasteiger partial charge >= 0.3 is 12.1 Å². The minimum Gasteiger partial charge on any atom is -0.480 e. The molecule has 180 valence electrons. The van der Waals surface area contributed by atoms with Crippen molar-refractivity contribution in [3.8, 4) is 0 Å². The first-order chi connectivity index (χ1) is 16.1. The monoisotopic (exact) mass is 482 g/mol. The maximum Gasteiger partial charge on any atom is 0.411 e. The summed E-state index contributed by atoms with van der Waals surface area (Å²) in [5.41, 5.74) is 1.17. The first-order valence-corrected chi connectivity index (χ1v) is 12.3. The lowest BCUT2D eigenvalue weighted by molar-refractivity contribution is -0.153. The van der Waals surface area contributed by atoms with Crippen molar-refractivity contribution in [2.75, 3.05) is 6.54 Å². The summed E-state index contributed by atoms with van der Waals surface area (Å²) in [6.45, 7) is 5.93. The molecule has 0 aromatic heterocycles. The molecule has 1 saturated heterocycles. The Bertz CT molecular complexity index is 1070. The number of nitrogens with zero attached hydrogens (tertiary/aromatic N) is 2. The fourth-order valence-corrected chi connectivity index (χ4v) is 5.71. The van der Waals surface area contributed by atoms with Gasteiger partial charge in [0.1, 0.15) is 17.7 Å².